The van der Waals surface area contributed by atoms with Gasteiger partial charge in [0.2, 0.25) is 0 Å². The number of carbonyl (C=O) groups is 1. The Morgan fingerprint density at radius 2 is 1.95 bits per heavy atom. The summed E-state index contributed by atoms with van der Waals surface area (Å²) < 4.78 is 5.03. The Kier molecular flexibility index (Phi) is 4.50. The van der Waals surface area contributed by atoms with Crippen LogP contribution in [0.15, 0.2) is 29.4 Å². The van der Waals surface area contributed by atoms with E-state index >= 15 is 0 Å². The van der Waals surface area contributed by atoms with Crippen molar-refractivity contribution in [3.8, 4) is 0 Å². The van der Waals surface area contributed by atoms with Gasteiger partial charge in [0.05, 0.1) is 0 Å². The van der Waals surface area contributed by atoms with E-state index in [0.717, 1.165) is 0 Å². The number of nitrogens with one attached hydrogen (secondary N) is 2. The van der Waals surface area contributed by atoms with Crippen LogP contribution in [0.25, 0.3) is 10.4 Å². The minimum absolute atomic E-state index is 0.0817. The molecule has 0 radical (unpaired) electrons. The van der Waals surface area contributed by atoms with E-state index in [0.29, 0.717) is 11.3 Å². The van der Waals surface area contributed by atoms with Gasteiger partial charge in [-0.15, -0.1) is 0 Å². The molecule has 2 N–H and O–H groups in total. The van der Waals surface area contributed by atoms with Gasteiger partial charge in [0.1, 0.15) is 11.4 Å². The van der Waals surface area contributed by atoms with Gasteiger partial charge in [-0.3, -0.25) is 10.7 Å². The summed E-state index contributed by atoms with van der Waals surface area (Å²) in [5.74, 6) is -0.0817. The highest BCUT2D eigenvalue weighted by Crippen LogP contribution is 2.13. The van der Waals surface area contributed by atoms with Gasteiger partial charge in [0.15, 0.2) is 0 Å². The maximum atomic E-state index is 11.5. The van der Waals surface area contributed by atoms with E-state index in [1.54, 1.807) is 45.0 Å². The molecule has 1 aromatic carbocycles. The van der Waals surface area contributed by atoms with E-state index in [-0.39, 0.29) is 5.84 Å². The van der Waals surface area contributed by atoms with Gasteiger partial charge in [-0.05, 0) is 26.3 Å². The molecule has 0 saturated carbocycles. The van der Waals surface area contributed by atoms with Crippen LogP contribution in [0.5, 0.6) is 0 Å². The Bertz CT molecular complexity index is 524. The van der Waals surface area contributed by atoms with Crippen LogP contribution >= 0.6 is 0 Å². The lowest BCUT2D eigenvalue weighted by atomic mass is 10.2. The zero-order chi connectivity index (χ0) is 14.5. The number of ether oxygens (including phenoxy) is 1. The maximum absolute atomic E-state index is 11.5. The minimum Gasteiger partial charge on any atom is -0.444 e. The molecular formula is C12H15N5O2. The monoisotopic (exact) mass is 261 g/mol. The number of hydrogen-bond acceptors (Lipinski definition) is 4. The number of carbonyl (C=O) groups excluding carboxylic acids is 1. The van der Waals surface area contributed by atoms with Gasteiger partial charge >= 0.3 is 6.09 Å². The Morgan fingerprint density at radius 1 is 1.37 bits per heavy atom. The van der Waals surface area contributed by atoms with Crippen molar-refractivity contribution in [2.24, 2.45) is 5.11 Å². The van der Waals surface area contributed by atoms with Gasteiger partial charge in [-0.25, -0.2) is 4.79 Å². The molecule has 0 aliphatic carbocycles. The molecule has 0 spiro atoms. The molecule has 7 nitrogen and oxygen atoms in total. The summed E-state index contributed by atoms with van der Waals surface area (Å²) in [4.78, 5) is 14.1. The van der Waals surface area contributed by atoms with Gasteiger partial charge in [-0.2, -0.15) is 0 Å². The van der Waals surface area contributed by atoms with Crippen molar-refractivity contribution in [2.45, 2.75) is 26.4 Å². The van der Waals surface area contributed by atoms with Crippen LogP contribution in [0.1, 0.15) is 26.3 Å². The fraction of sp³-hybridized carbons (Fsp3) is 0.333. The molecule has 7 heteroatoms. The molecule has 1 rings (SSSR count). The zero-order valence-electron chi connectivity index (χ0n) is 11.0. The molecule has 100 valence electrons. The highest BCUT2D eigenvalue weighted by molar-refractivity contribution is 6.04. The van der Waals surface area contributed by atoms with Crippen LogP contribution in [0.4, 0.5) is 10.5 Å². The first-order valence-corrected chi connectivity index (χ1v) is 5.56. The van der Waals surface area contributed by atoms with Crippen LogP contribution in [-0.4, -0.2) is 17.5 Å². The second-order valence-corrected chi connectivity index (χ2v) is 4.74. The Labute approximate surface area is 110 Å². The average Bonchev–Trinajstić information content (AvgIpc) is 2.27. The summed E-state index contributed by atoms with van der Waals surface area (Å²) in [7, 11) is 0. The predicted molar refractivity (Wildman–Crippen MR) is 71.4 cm³/mol. The van der Waals surface area contributed by atoms with E-state index < -0.39 is 11.7 Å². The first kappa shape index (κ1) is 14.5. The normalized spacial score (nSPS) is 10.3. The number of benzene rings is 1. The lowest BCUT2D eigenvalue weighted by Gasteiger charge is -2.19. The van der Waals surface area contributed by atoms with E-state index in [1.807, 2.05) is 0 Å². The second-order valence-electron chi connectivity index (χ2n) is 4.74. The van der Waals surface area contributed by atoms with Crippen LogP contribution < -0.4 is 5.32 Å². The largest absolute Gasteiger partial charge is 0.444 e. The highest BCUT2D eigenvalue weighted by Gasteiger charge is 2.17. The quantitative estimate of drug-likeness (QED) is 0.279. The molecule has 0 aliphatic heterocycles. The van der Waals surface area contributed by atoms with Crippen molar-refractivity contribution in [2.75, 3.05) is 0 Å². The molecule has 19 heavy (non-hydrogen) atoms. The van der Waals surface area contributed by atoms with Gasteiger partial charge in [0.25, 0.3) is 0 Å². The van der Waals surface area contributed by atoms with E-state index in [4.69, 9.17) is 15.7 Å². The van der Waals surface area contributed by atoms with Gasteiger partial charge in [0, 0.05) is 16.2 Å². The van der Waals surface area contributed by atoms with Crippen molar-refractivity contribution >= 4 is 17.6 Å². The highest BCUT2D eigenvalue weighted by atomic mass is 16.6. The van der Waals surface area contributed by atoms with E-state index in [2.05, 4.69) is 15.3 Å². The van der Waals surface area contributed by atoms with E-state index in [1.165, 1.54) is 0 Å². The molecule has 0 aliphatic rings. The fourth-order valence-corrected chi connectivity index (χ4v) is 1.22. The number of hydrogen-bond donors (Lipinski definition) is 2. The van der Waals surface area contributed by atoms with Crippen LogP contribution in [-0.2, 0) is 4.74 Å². The minimum atomic E-state index is -0.684. The molecule has 0 fully saturated rings. The smallest absolute Gasteiger partial charge is 0.413 e. The molecule has 0 saturated heterocycles. The number of azide groups is 1. The maximum Gasteiger partial charge on any atom is 0.413 e. The van der Waals surface area contributed by atoms with Crippen LogP contribution in [0.3, 0.4) is 0 Å². The lowest BCUT2D eigenvalue weighted by Crippen LogP contribution is -2.36. The lowest BCUT2D eigenvalue weighted by molar-refractivity contribution is 0.0563. The first-order valence-electron chi connectivity index (χ1n) is 5.56. The predicted octanol–water partition coefficient (Wildman–Crippen LogP) is 3.48. The molecule has 0 heterocycles. The molecule has 0 bridgehead atoms. The Morgan fingerprint density at radius 3 is 2.42 bits per heavy atom. The summed E-state index contributed by atoms with van der Waals surface area (Å²) in [5.41, 5.74) is 8.58. The van der Waals surface area contributed by atoms with Crippen molar-refractivity contribution in [1.82, 2.24) is 5.32 Å². The third kappa shape index (κ3) is 5.10. The molecule has 1 aromatic rings. The second kappa shape index (κ2) is 5.88. The van der Waals surface area contributed by atoms with Gasteiger partial charge in [-0.1, -0.05) is 29.4 Å². The number of amides is 1. The summed E-state index contributed by atoms with van der Waals surface area (Å²) in [6, 6.07) is 6.26. The Balaban J connectivity index is 2.68. The Hall–Kier alpha value is -2.53. The number of rotatable bonds is 2. The molecule has 0 aromatic heterocycles. The van der Waals surface area contributed by atoms with Crippen molar-refractivity contribution < 1.29 is 9.53 Å². The molecular weight excluding hydrogens is 246 g/mol. The van der Waals surface area contributed by atoms with Crippen molar-refractivity contribution in [1.29, 1.82) is 5.41 Å². The molecule has 1 amide bonds. The standard InChI is InChI=1S/C12H15N5O2/c1-12(2,3)19-11(18)15-10(13)8-4-6-9(7-5-8)16-17-14/h4-7H,1-3H3,(H2,13,15,18). The topological polar surface area (TPSA) is 111 Å². The van der Waals surface area contributed by atoms with Gasteiger partial charge < -0.3 is 4.74 Å². The third-order valence-corrected chi connectivity index (χ3v) is 1.94. The summed E-state index contributed by atoms with van der Waals surface area (Å²) >= 11 is 0. The number of amidine groups is 1. The third-order valence-electron chi connectivity index (χ3n) is 1.94. The molecule has 0 unspecified atom stereocenters. The summed E-state index contributed by atoms with van der Waals surface area (Å²) in [6.07, 6.45) is -0.684. The summed E-state index contributed by atoms with van der Waals surface area (Å²) in [5, 5.41) is 13.5. The van der Waals surface area contributed by atoms with Crippen molar-refractivity contribution in [3.63, 3.8) is 0 Å². The first-order chi connectivity index (χ1) is 8.81. The number of nitrogens with zero attached hydrogens (tertiary/aromatic N) is 3. The summed E-state index contributed by atoms with van der Waals surface area (Å²) in [6.45, 7) is 5.22. The molecule has 0 atom stereocenters. The van der Waals surface area contributed by atoms with Crippen molar-refractivity contribution in [3.05, 3.63) is 40.3 Å². The van der Waals surface area contributed by atoms with Crippen LogP contribution in [0, 0.1) is 5.41 Å². The zero-order valence-corrected chi connectivity index (χ0v) is 11.0. The van der Waals surface area contributed by atoms with Crippen LogP contribution in [0.2, 0.25) is 0 Å². The SMILES string of the molecule is CC(C)(C)OC(=O)NC(=N)c1ccc(N=[N+]=[N-])cc1. The van der Waals surface area contributed by atoms with E-state index in [9.17, 15) is 4.79 Å². The average molecular weight is 261 g/mol. The number of alkyl carbamates (subject to hydrolysis) is 1. The fourth-order valence-electron chi connectivity index (χ4n) is 1.22.